The molecule has 3 rings (SSSR count). The molecule has 0 aliphatic carbocycles. The maximum absolute atomic E-state index is 11.2. The average molecular weight is 275 g/mol. The lowest BCUT2D eigenvalue weighted by atomic mass is 10.1. The lowest BCUT2D eigenvalue weighted by molar-refractivity contribution is 0.112. The van der Waals surface area contributed by atoms with E-state index in [-0.39, 0.29) is 0 Å². The van der Waals surface area contributed by atoms with Crippen molar-refractivity contribution in [3.05, 3.63) is 60.0 Å². The lowest BCUT2D eigenvalue weighted by Crippen LogP contribution is -2.00. The number of benzene rings is 1. The van der Waals surface area contributed by atoms with Crippen LogP contribution in [0.3, 0.4) is 0 Å². The summed E-state index contributed by atoms with van der Waals surface area (Å²) in [6.07, 6.45) is 5.48. The summed E-state index contributed by atoms with van der Waals surface area (Å²) in [4.78, 5) is 19.4. The Hall–Kier alpha value is -3.33. The zero-order valence-corrected chi connectivity index (χ0v) is 10.8. The van der Waals surface area contributed by atoms with Crippen molar-refractivity contribution in [3.63, 3.8) is 0 Å². The van der Waals surface area contributed by atoms with Crippen molar-refractivity contribution in [1.82, 2.24) is 19.7 Å². The summed E-state index contributed by atoms with van der Waals surface area (Å²) in [6.45, 7) is 0. The predicted octanol–water partition coefficient (Wildman–Crippen LogP) is 2.01. The van der Waals surface area contributed by atoms with Crippen molar-refractivity contribution in [2.45, 2.75) is 0 Å². The van der Waals surface area contributed by atoms with E-state index in [1.54, 1.807) is 48.9 Å². The van der Waals surface area contributed by atoms with Crippen molar-refractivity contribution in [2.75, 3.05) is 0 Å². The Kier molecular flexibility index (Phi) is 3.23. The van der Waals surface area contributed by atoms with E-state index in [0.717, 1.165) is 6.29 Å². The van der Waals surface area contributed by atoms with Crippen LogP contribution in [0, 0.1) is 11.3 Å². The number of aldehydes is 1. The summed E-state index contributed by atoms with van der Waals surface area (Å²) in [5.74, 6) is 0.378. The molecule has 0 bridgehead atoms. The first kappa shape index (κ1) is 12.7. The minimum absolute atomic E-state index is 0.378. The van der Waals surface area contributed by atoms with Crippen LogP contribution in [0.4, 0.5) is 0 Å². The smallest absolute Gasteiger partial charge is 0.250 e. The van der Waals surface area contributed by atoms with E-state index in [1.165, 1.54) is 4.68 Å². The second kappa shape index (κ2) is 5.35. The Balaban J connectivity index is 2.13. The maximum atomic E-state index is 11.2. The van der Waals surface area contributed by atoms with Crippen LogP contribution in [0.25, 0.3) is 17.2 Å². The molecule has 0 spiro atoms. The van der Waals surface area contributed by atoms with Gasteiger partial charge in [0.1, 0.15) is 5.69 Å². The third kappa shape index (κ3) is 2.40. The highest BCUT2D eigenvalue weighted by atomic mass is 16.1. The van der Waals surface area contributed by atoms with Gasteiger partial charge in [-0.25, -0.2) is 14.6 Å². The van der Waals surface area contributed by atoms with Crippen molar-refractivity contribution in [3.8, 4) is 23.3 Å². The number of hydrogen-bond donors (Lipinski definition) is 0. The summed E-state index contributed by atoms with van der Waals surface area (Å²) in [6, 6.07) is 10.7. The zero-order chi connectivity index (χ0) is 14.7. The summed E-state index contributed by atoms with van der Waals surface area (Å²) < 4.78 is 1.44. The predicted molar refractivity (Wildman–Crippen MR) is 74.7 cm³/mol. The van der Waals surface area contributed by atoms with E-state index >= 15 is 0 Å². The number of nitrogens with zero attached hydrogens (tertiary/aromatic N) is 5. The van der Waals surface area contributed by atoms with Crippen LogP contribution in [-0.4, -0.2) is 26.0 Å². The van der Waals surface area contributed by atoms with Crippen molar-refractivity contribution < 1.29 is 4.79 Å². The van der Waals surface area contributed by atoms with Gasteiger partial charge in [-0.2, -0.15) is 10.4 Å². The molecular formula is C15H9N5O. The number of carbonyl (C=O) groups is 1. The van der Waals surface area contributed by atoms with Gasteiger partial charge < -0.3 is 0 Å². The van der Waals surface area contributed by atoms with Gasteiger partial charge in [-0.15, -0.1) is 0 Å². The maximum Gasteiger partial charge on any atom is 0.250 e. The first-order chi connectivity index (χ1) is 10.3. The molecule has 0 aliphatic heterocycles. The van der Waals surface area contributed by atoms with Crippen LogP contribution in [0.2, 0.25) is 0 Å². The molecule has 3 aromatic rings. The topological polar surface area (TPSA) is 84.5 Å². The average Bonchev–Trinajstić information content (AvgIpc) is 3.00. The van der Waals surface area contributed by atoms with Crippen LogP contribution in [-0.2, 0) is 0 Å². The molecule has 0 unspecified atom stereocenters. The Labute approximate surface area is 120 Å². The Morgan fingerprint density at radius 2 is 2.00 bits per heavy atom. The molecule has 6 heteroatoms. The number of hydrogen-bond acceptors (Lipinski definition) is 5. The zero-order valence-electron chi connectivity index (χ0n) is 10.8. The van der Waals surface area contributed by atoms with Crippen LogP contribution in [0.1, 0.15) is 15.9 Å². The normalized spacial score (nSPS) is 10.0. The molecule has 100 valence electrons. The molecule has 0 fully saturated rings. The molecule has 21 heavy (non-hydrogen) atoms. The number of carbonyl (C=O) groups excluding carboxylic acids is 1. The highest BCUT2D eigenvalue weighted by Crippen LogP contribution is 2.22. The van der Waals surface area contributed by atoms with E-state index in [9.17, 15) is 4.79 Å². The second-order valence-electron chi connectivity index (χ2n) is 4.24. The first-order valence-electron chi connectivity index (χ1n) is 6.14. The Morgan fingerprint density at radius 3 is 2.71 bits per heavy atom. The molecular weight excluding hydrogens is 266 g/mol. The molecule has 0 saturated heterocycles. The van der Waals surface area contributed by atoms with Gasteiger partial charge in [0, 0.05) is 24.2 Å². The Morgan fingerprint density at radius 1 is 1.19 bits per heavy atom. The van der Waals surface area contributed by atoms with E-state index in [0.29, 0.717) is 28.3 Å². The van der Waals surface area contributed by atoms with Gasteiger partial charge in [-0.05, 0) is 18.2 Å². The van der Waals surface area contributed by atoms with Crippen molar-refractivity contribution in [1.29, 1.82) is 5.26 Å². The third-order valence-corrected chi connectivity index (χ3v) is 2.89. The Bertz CT molecular complexity index is 833. The van der Waals surface area contributed by atoms with Gasteiger partial charge in [0.15, 0.2) is 6.29 Å². The van der Waals surface area contributed by atoms with E-state index in [2.05, 4.69) is 21.1 Å². The summed E-state index contributed by atoms with van der Waals surface area (Å²) >= 11 is 0. The van der Waals surface area contributed by atoms with Crippen LogP contribution in [0.15, 0.2) is 48.9 Å². The first-order valence-corrected chi connectivity index (χ1v) is 6.14. The quantitative estimate of drug-likeness (QED) is 0.683. The summed E-state index contributed by atoms with van der Waals surface area (Å²) in [5.41, 5.74) is 2.12. The molecule has 1 aromatic carbocycles. The summed E-state index contributed by atoms with van der Waals surface area (Å²) in [7, 11) is 0. The highest BCUT2D eigenvalue weighted by Gasteiger charge is 2.13. The fourth-order valence-corrected chi connectivity index (χ4v) is 1.95. The van der Waals surface area contributed by atoms with Gasteiger partial charge >= 0.3 is 0 Å². The van der Waals surface area contributed by atoms with Crippen molar-refractivity contribution in [2.24, 2.45) is 0 Å². The highest BCUT2D eigenvalue weighted by molar-refractivity contribution is 5.85. The molecule has 0 aliphatic rings. The van der Waals surface area contributed by atoms with Gasteiger partial charge in [-0.1, -0.05) is 12.1 Å². The minimum atomic E-state index is 0.378. The molecule has 0 N–H and O–H groups in total. The fourth-order valence-electron chi connectivity index (χ4n) is 1.95. The van der Waals surface area contributed by atoms with Gasteiger partial charge in [0.2, 0.25) is 5.95 Å². The molecule has 6 nitrogen and oxygen atoms in total. The SMILES string of the molecule is N#Cc1cccc(-c2nn(-c3ncccn3)cc2C=O)c1. The minimum Gasteiger partial charge on any atom is -0.298 e. The van der Waals surface area contributed by atoms with E-state index in [4.69, 9.17) is 5.26 Å². The van der Waals surface area contributed by atoms with Crippen LogP contribution < -0.4 is 0 Å². The van der Waals surface area contributed by atoms with Gasteiger partial charge in [0.25, 0.3) is 0 Å². The second-order valence-corrected chi connectivity index (χ2v) is 4.24. The largest absolute Gasteiger partial charge is 0.298 e. The summed E-state index contributed by atoms with van der Waals surface area (Å²) in [5, 5.41) is 13.3. The number of aromatic nitrogens is 4. The molecule has 0 radical (unpaired) electrons. The van der Waals surface area contributed by atoms with Crippen LogP contribution in [0.5, 0.6) is 0 Å². The lowest BCUT2D eigenvalue weighted by Gasteiger charge is -1.99. The molecule has 0 atom stereocenters. The third-order valence-electron chi connectivity index (χ3n) is 2.89. The fraction of sp³-hybridized carbons (Fsp3) is 0. The number of rotatable bonds is 3. The molecule has 0 saturated carbocycles. The molecule has 0 amide bonds. The molecule has 2 aromatic heterocycles. The van der Waals surface area contributed by atoms with Crippen LogP contribution >= 0.6 is 0 Å². The monoisotopic (exact) mass is 275 g/mol. The van der Waals surface area contributed by atoms with Gasteiger partial charge in [-0.3, -0.25) is 4.79 Å². The van der Waals surface area contributed by atoms with Gasteiger partial charge in [0.05, 0.1) is 17.2 Å². The molecule has 2 heterocycles. The van der Waals surface area contributed by atoms with Crippen molar-refractivity contribution >= 4 is 6.29 Å². The number of nitriles is 1. The van der Waals surface area contributed by atoms with E-state index in [1.807, 2.05) is 0 Å². The standard InChI is InChI=1S/C15H9N5O/c16-8-11-3-1-4-12(7-11)14-13(10-21)9-20(19-14)15-17-5-2-6-18-15/h1-7,9-10H. The van der Waals surface area contributed by atoms with E-state index < -0.39 is 0 Å².